The number of para-hydroxylation sites is 4. The number of aromatic nitrogens is 3. The van der Waals surface area contributed by atoms with E-state index in [1.165, 1.54) is 96.7 Å². The molecule has 0 fully saturated rings. The number of thiophene rings is 1. The van der Waals surface area contributed by atoms with Crippen LogP contribution in [0, 0.1) is 0 Å². The molecule has 3 nitrogen and oxygen atoms in total. The molecule has 0 radical (unpaired) electrons. The van der Waals surface area contributed by atoms with Crippen LogP contribution in [0.1, 0.15) is 0 Å². The fourth-order valence-corrected chi connectivity index (χ4v) is 10.9. The lowest BCUT2D eigenvalue weighted by molar-refractivity contribution is 1.17. The Morgan fingerprint density at radius 3 is 1.24 bits per heavy atom. The van der Waals surface area contributed by atoms with Gasteiger partial charge in [0, 0.05) is 69.6 Å². The fraction of sp³-hybridized carbons (Fsp3) is 0. The second-order valence-corrected chi connectivity index (χ2v) is 16.4. The van der Waals surface area contributed by atoms with Crippen LogP contribution >= 0.6 is 11.3 Å². The molecule has 4 heterocycles. The predicted molar refractivity (Wildman–Crippen MR) is 248 cm³/mol. The summed E-state index contributed by atoms with van der Waals surface area (Å²) in [5, 5.41) is 10.1. The zero-order valence-electron chi connectivity index (χ0n) is 31.3. The predicted octanol–water partition coefficient (Wildman–Crippen LogP) is 15.0. The maximum absolute atomic E-state index is 2.47. The number of fused-ring (bicyclic) bond motifs is 12. The van der Waals surface area contributed by atoms with E-state index in [0.29, 0.717) is 0 Å². The molecule has 9 aromatic carbocycles. The maximum Gasteiger partial charge on any atom is 0.0548 e. The quantitative estimate of drug-likeness (QED) is 0.170. The molecule has 0 atom stereocenters. The molecular formula is C54H33N3S. The smallest absolute Gasteiger partial charge is 0.0548 e. The molecule has 0 saturated heterocycles. The summed E-state index contributed by atoms with van der Waals surface area (Å²) in [4.78, 5) is 0. The van der Waals surface area contributed by atoms with E-state index in [1.54, 1.807) is 0 Å². The molecule has 0 unspecified atom stereocenters. The molecule has 0 saturated carbocycles. The van der Waals surface area contributed by atoms with Gasteiger partial charge in [-0.25, -0.2) is 0 Å². The molecule has 4 aromatic heterocycles. The minimum Gasteiger partial charge on any atom is -0.309 e. The van der Waals surface area contributed by atoms with Gasteiger partial charge in [-0.15, -0.1) is 11.3 Å². The molecule has 270 valence electrons. The average molecular weight is 756 g/mol. The summed E-state index contributed by atoms with van der Waals surface area (Å²) in [6, 6.07) is 73.7. The Kier molecular flexibility index (Phi) is 6.60. The Balaban J connectivity index is 1.09. The van der Waals surface area contributed by atoms with E-state index in [0.717, 1.165) is 17.1 Å². The third kappa shape index (κ3) is 4.43. The standard InChI is InChI=1S/C54H33N3S/c1-3-14-35(15-4-1)55-46-22-10-7-18-39(46)42-30-50-44(32-48(42)55)45-33-49-43(31-51(45)57(50)36-16-5-2-6-17-36)40-19-8-11-23-47(40)56(49)37-28-26-34(27-29-37)38-21-13-25-53-54(38)41-20-9-12-24-52(41)58-53/h1-33H. The second-order valence-electron chi connectivity index (χ2n) is 15.3. The molecule has 4 heteroatoms. The van der Waals surface area contributed by atoms with Crippen LogP contribution in [0.2, 0.25) is 0 Å². The third-order valence-electron chi connectivity index (χ3n) is 12.2. The number of benzene rings is 9. The SMILES string of the molecule is c1ccc(-n2c3ccccc3c3cc4c(cc32)c2cc3c(cc2n4-c2ccccc2)c2ccccc2n3-c2ccc(-c3cccc4sc5ccccc5c34)cc2)cc1. The highest BCUT2D eigenvalue weighted by molar-refractivity contribution is 7.25. The third-order valence-corrected chi connectivity index (χ3v) is 13.4. The van der Waals surface area contributed by atoms with Gasteiger partial charge in [0.05, 0.1) is 33.1 Å². The zero-order chi connectivity index (χ0) is 37.9. The van der Waals surface area contributed by atoms with E-state index >= 15 is 0 Å². The van der Waals surface area contributed by atoms with Crippen LogP contribution in [0.4, 0.5) is 0 Å². The molecule has 13 aromatic rings. The molecule has 0 spiro atoms. The van der Waals surface area contributed by atoms with E-state index in [1.807, 2.05) is 11.3 Å². The van der Waals surface area contributed by atoms with Crippen molar-refractivity contribution in [2.75, 3.05) is 0 Å². The van der Waals surface area contributed by atoms with Gasteiger partial charge < -0.3 is 13.7 Å². The summed E-state index contributed by atoms with van der Waals surface area (Å²) in [5.41, 5.74) is 13.2. The van der Waals surface area contributed by atoms with Crippen molar-refractivity contribution in [2.45, 2.75) is 0 Å². The summed E-state index contributed by atoms with van der Waals surface area (Å²) >= 11 is 1.87. The van der Waals surface area contributed by atoms with Crippen LogP contribution in [0.5, 0.6) is 0 Å². The van der Waals surface area contributed by atoms with Crippen molar-refractivity contribution < 1.29 is 0 Å². The lowest BCUT2D eigenvalue weighted by Gasteiger charge is -2.11. The largest absolute Gasteiger partial charge is 0.309 e. The molecule has 0 amide bonds. The van der Waals surface area contributed by atoms with Gasteiger partial charge in [0.15, 0.2) is 0 Å². The Bertz CT molecular complexity index is 3770. The van der Waals surface area contributed by atoms with Crippen LogP contribution in [-0.4, -0.2) is 13.7 Å². The number of rotatable bonds is 4. The van der Waals surface area contributed by atoms with Gasteiger partial charge in [0.2, 0.25) is 0 Å². The summed E-state index contributed by atoms with van der Waals surface area (Å²) in [7, 11) is 0. The normalized spacial score (nSPS) is 12.1. The summed E-state index contributed by atoms with van der Waals surface area (Å²) in [6.45, 7) is 0. The molecule has 0 aliphatic rings. The first-order chi connectivity index (χ1) is 28.8. The minimum absolute atomic E-state index is 1.15. The summed E-state index contributed by atoms with van der Waals surface area (Å²) in [5.74, 6) is 0. The van der Waals surface area contributed by atoms with E-state index in [9.17, 15) is 0 Å². The molecule has 58 heavy (non-hydrogen) atoms. The van der Waals surface area contributed by atoms with E-state index < -0.39 is 0 Å². The lowest BCUT2D eigenvalue weighted by atomic mass is 9.99. The Morgan fingerprint density at radius 1 is 0.276 bits per heavy atom. The van der Waals surface area contributed by atoms with Crippen molar-refractivity contribution >= 4 is 96.9 Å². The van der Waals surface area contributed by atoms with Crippen LogP contribution in [0.3, 0.4) is 0 Å². The number of hydrogen-bond donors (Lipinski definition) is 0. The van der Waals surface area contributed by atoms with Crippen LogP contribution in [0.15, 0.2) is 200 Å². The highest BCUT2D eigenvalue weighted by Gasteiger charge is 2.21. The second kappa shape index (κ2) is 12.1. The first kappa shape index (κ1) is 31.8. The highest BCUT2D eigenvalue weighted by Crippen LogP contribution is 2.44. The molecule has 13 rings (SSSR count). The summed E-state index contributed by atoms with van der Waals surface area (Å²) in [6.07, 6.45) is 0. The number of hydrogen-bond acceptors (Lipinski definition) is 1. The minimum atomic E-state index is 1.15. The van der Waals surface area contributed by atoms with Crippen LogP contribution < -0.4 is 0 Å². The monoisotopic (exact) mass is 755 g/mol. The van der Waals surface area contributed by atoms with Gasteiger partial charge >= 0.3 is 0 Å². The molecule has 0 bridgehead atoms. The van der Waals surface area contributed by atoms with Crippen molar-refractivity contribution in [1.82, 2.24) is 13.7 Å². The van der Waals surface area contributed by atoms with Crippen molar-refractivity contribution in [3.8, 4) is 28.2 Å². The van der Waals surface area contributed by atoms with E-state index in [4.69, 9.17) is 0 Å². The fourth-order valence-electron chi connectivity index (χ4n) is 9.73. The van der Waals surface area contributed by atoms with Crippen molar-refractivity contribution in [1.29, 1.82) is 0 Å². The molecular weight excluding hydrogens is 723 g/mol. The Labute approximate surface area is 337 Å². The van der Waals surface area contributed by atoms with Gasteiger partial charge in [-0.1, -0.05) is 115 Å². The maximum atomic E-state index is 2.47. The van der Waals surface area contributed by atoms with E-state index in [-0.39, 0.29) is 0 Å². The summed E-state index contributed by atoms with van der Waals surface area (Å²) < 4.78 is 10.00. The lowest BCUT2D eigenvalue weighted by Crippen LogP contribution is -1.95. The van der Waals surface area contributed by atoms with Gasteiger partial charge in [-0.3, -0.25) is 0 Å². The zero-order valence-corrected chi connectivity index (χ0v) is 32.1. The average Bonchev–Trinajstić information content (AvgIpc) is 4.01. The van der Waals surface area contributed by atoms with Crippen molar-refractivity contribution in [2.24, 2.45) is 0 Å². The highest BCUT2D eigenvalue weighted by atomic mass is 32.1. The Morgan fingerprint density at radius 2 is 0.690 bits per heavy atom. The van der Waals surface area contributed by atoms with Crippen LogP contribution in [0.25, 0.3) is 114 Å². The van der Waals surface area contributed by atoms with Crippen LogP contribution in [-0.2, 0) is 0 Å². The van der Waals surface area contributed by atoms with Crippen molar-refractivity contribution in [3.63, 3.8) is 0 Å². The molecule has 0 aliphatic carbocycles. The molecule has 0 aliphatic heterocycles. The molecule has 0 N–H and O–H groups in total. The first-order valence-corrected chi connectivity index (χ1v) is 20.7. The Hall–Kier alpha value is -7.40. The first-order valence-electron chi connectivity index (χ1n) is 19.8. The van der Waals surface area contributed by atoms with Gasteiger partial charge in [0.25, 0.3) is 0 Å². The van der Waals surface area contributed by atoms with Gasteiger partial charge in [-0.2, -0.15) is 0 Å². The topological polar surface area (TPSA) is 14.8 Å². The van der Waals surface area contributed by atoms with Gasteiger partial charge in [0.1, 0.15) is 0 Å². The number of nitrogens with zero attached hydrogens (tertiary/aromatic N) is 3. The van der Waals surface area contributed by atoms with Crippen molar-refractivity contribution in [3.05, 3.63) is 200 Å². The van der Waals surface area contributed by atoms with Gasteiger partial charge in [-0.05, 0) is 96.1 Å². The van der Waals surface area contributed by atoms with E-state index in [2.05, 4.69) is 214 Å².